The van der Waals surface area contributed by atoms with Crippen LogP contribution in [-0.2, 0) is 17.9 Å². The van der Waals surface area contributed by atoms with Gasteiger partial charge in [0, 0.05) is 24.0 Å². The van der Waals surface area contributed by atoms with Crippen LogP contribution in [0.2, 0.25) is 5.02 Å². The summed E-state index contributed by atoms with van der Waals surface area (Å²) >= 11 is 6.15. The van der Waals surface area contributed by atoms with Crippen molar-refractivity contribution in [3.05, 3.63) is 106 Å². The van der Waals surface area contributed by atoms with Crippen LogP contribution in [0.5, 0.6) is 0 Å². The molecular formula is C25H20ClFN6O2. The van der Waals surface area contributed by atoms with Crippen molar-refractivity contribution >= 4 is 28.4 Å². The van der Waals surface area contributed by atoms with Gasteiger partial charge in [-0.05, 0) is 48.9 Å². The van der Waals surface area contributed by atoms with Crippen molar-refractivity contribution in [1.29, 1.82) is 0 Å². The van der Waals surface area contributed by atoms with Gasteiger partial charge in [0.2, 0.25) is 5.91 Å². The molecule has 10 heteroatoms. The molecule has 8 nitrogen and oxygen atoms in total. The van der Waals surface area contributed by atoms with Crippen molar-refractivity contribution in [3.63, 3.8) is 0 Å². The maximum Gasteiger partial charge on any atom is 0.280 e. The fourth-order valence-corrected chi connectivity index (χ4v) is 4.10. The Balaban J connectivity index is 1.57. The molecule has 0 saturated heterocycles. The fourth-order valence-electron chi connectivity index (χ4n) is 3.90. The summed E-state index contributed by atoms with van der Waals surface area (Å²) in [5.74, 6) is -0.391. The first-order valence-corrected chi connectivity index (χ1v) is 11.2. The Hall–Kier alpha value is -4.24. The lowest BCUT2D eigenvalue weighted by molar-refractivity contribution is -0.122. The molecule has 0 aliphatic carbocycles. The van der Waals surface area contributed by atoms with E-state index in [9.17, 15) is 14.0 Å². The molecule has 2 aromatic carbocycles. The van der Waals surface area contributed by atoms with Crippen LogP contribution in [-0.4, -0.2) is 30.0 Å². The number of amides is 1. The first kappa shape index (κ1) is 22.5. The third kappa shape index (κ3) is 4.33. The average molecular weight is 491 g/mol. The highest BCUT2D eigenvalue weighted by atomic mass is 35.5. The summed E-state index contributed by atoms with van der Waals surface area (Å²) in [7, 11) is 0. The second-order valence-electron chi connectivity index (χ2n) is 7.95. The highest BCUT2D eigenvalue weighted by molar-refractivity contribution is 6.31. The smallest absolute Gasteiger partial charge is 0.280 e. The lowest BCUT2D eigenvalue weighted by Gasteiger charge is -2.10. The van der Waals surface area contributed by atoms with Crippen LogP contribution in [0.25, 0.3) is 22.4 Å². The maximum atomic E-state index is 14.0. The second-order valence-corrected chi connectivity index (χ2v) is 8.35. The molecule has 1 amide bonds. The summed E-state index contributed by atoms with van der Waals surface area (Å²) in [6.45, 7) is 1.65. The third-order valence-electron chi connectivity index (χ3n) is 5.55. The quantitative estimate of drug-likeness (QED) is 0.392. The summed E-state index contributed by atoms with van der Waals surface area (Å²) in [5.41, 5.74) is 1.57. The highest BCUT2D eigenvalue weighted by Crippen LogP contribution is 2.25. The van der Waals surface area contributed by atoms with E-state index in [2.05, 4.69) is 15.5 Å². The number of rotatable bonds is 6. The number of carbonyl (C=O) groups is 1. The molecule has 0 radical (unpaired) electrons. The molecule has 0 spiro atoms. The number of nitrogens with zero attached hydrogens (tertiary/aromatic N) is 5. The molecule has 5 rings (SSSR count). The van der Waals surface area contributed by atoms with Crippen LogP contribution < -0.4 is 10.9 Å². The number of hydrogen-bond acceptors (Lipinski definition) is 4. The third-order valence-corrected chi connectivity index (χ3v) is 5.92. The number of carbonyl (C=O) groups excluding carboxylic acids is 1. The largest absolute Gasteiger partial charge is 0.350 e. The van der Waals surface area contributed by atoms with E-state index >= 15 is 0 Å². The molecule has 0 aliphatic rings. The second kappa shape index (κ2) is 9.19. The highest BCUT2D eigenvalue weighted by Gasteiger charge is 2.22. The Morgan fingerprint density at radius 1 is 1.06 bits per heavy atom. The zero-order valence-electron chi connectivity index (χ0n) is 18.7. The Kier molecular flexibility index (Phi) is 5.92. The fraction of sp³-hybridized carbons (Fsp3) is 0.120. The normalized spacial score (nSPS) is 11.2. The monoisotopic (exact) mass is 490 g/mol. The molecule has 0 fully saturated rings. The minimum absolute atomic E-state index is 0.223. The van der Waals surface area contributed by atoms with E-state index in [1.54, 1.807) is 42.1 Å². The number of halogens is 2. The molecule has 3 heterocycles. The zero-order chi connectivity index (χ0) is 24.5. The van der Waals surface area contributed by atoms with Gasteiger partial charge in [-0.1, -0.05) is 35.9 Å². The van der Waals surface area contributed by atoms with Crippen molar-refractivity contribution in [1.82, 2.24) is 29.4 Å². The van der Waals surface area contributed by atoms with E-state index in [4.69, 9.17) is 11.6 Å². The molecule has 0 atom stereocenters. The van der Waals surface area contributed by atoms with Gasteiger partial charge in [-0.15, -0.1) is 0 Å². The van der Waals surface area contributed by atoms with E-state index < -0.39 is 17.3 Å². The lowest BCUT2D eigenvalue weighted by Crippen LogP contribution is -2.34. The molecule has 35 heavy (non-hydrogen) atoms. The Morgan fingerprint density at radius 2 is 1.83 bits per heavy atom. The van der Waals surface area contributed by atoms with Crippen LogP contribution in [0, 0.1) is 12.7 Å². The Morgan fingerprint density at radius 3 is 2.57 bits per heavy atom. The standard InChI is InChI=1S/C25H20ClFN6O2/c1-16-23-22(24(31-11-4-5-12-31)33(30-23)19-9-6-8-18(27)13-19)25(35)32(29-16)15-21(34)28-14-17-7-2-3-10-20(17)26/h2-13H,14-15H2,1H3,(H,28,34). The lowest BCUT2D eigenvalue weighted by atomic mass is 10.2. The minimum Gasteiger partial charge on any atom is -0.350 e. The zero-order valence-corrected chi connectivity index (χ0v) is 19.4. The molecule has 0 bridgehead atoms. The summed E-state index contributed by atoms with van der Waals surface area (Å²) in [5, 5.41) is 12.5. The van der Waals surface area contributed by atoms with Crippen LogP contribution in [0.4, 0.5) is 4.39 Å². The first-order valence-electron chi connectivity index (χ1n) is 10.8. The molecule has 0 aliphatic heterocycles. The molecule has 3 aromatic heterocycles. The molecule has 1 N–H and O–H groups in total. The summed E-state index contributed by atoms with van der Waals surface area (Å²) in [4.78, 5) is 26.2. The van der Waals surface area contributed by atoms with Gasteiger partial charge in [0.15, 0.2) is 5.82 Å². The van der Waals surface area contributed by atoms with E-state index in [0.717, 1.165) is 10.2 Å². The van der Waals surface area contributed by atoms with Crippen LogP contribution >= 0.6 is 11.6 Å². The molecule has 176 valence electrons. The van der Waals surface area contributed by atoms with Crippen molar-refractivity contribution in [3.8, 4) is 11.5 Å². The van der Waals surface area contributed by atoms with Gasteiger partial charge in [0.05, 0.1) is 11.4 Å². The van der Waals surface area contributed by atoms with Gasteiger partial charge in [-0.2, -0.15) is 10.2 Å². The number of fused-ring (bicyclic) bond motifs is 1. The predicted octanol–water partition coefficient (Wildman–Crippen LogP) is 3.79. The minimum atomic E-state index is -0.482. The number of aryl methyl sites for hydroxylation is 1. The van der Waals surface area contributed by atoms with Crippen molar-refractivity contribution in [2.45, 2.75) is 20.0 Å². The summed E-state index contributed by atoms with van der Waals surface area (Å²) in [6.07, 6.45) is 3.53. The molecule has 5 aromatic rings. The van der Waals surface area contributed by atoms with Gasteiger partial charge >= 0.3 is 0 Å². The van der Waals surface area contributed by atoms with E-state index in [1.165, 1.54) is 16.8 Å². The molecule has 0 unspecified atom stereocenters. The number of hydrogen-bond donors (Lipinski definition) is 1. The molecule has 0 saturated carbocycles. The van der Waals surface area contributed by atoms with Gasteiger partial charge in [-0.25, -0.2) is 13.8 Å². The summed E-state index contributed by atoms with van der Waals surface area (Å²) < 4.78 is 18.3. The first-order chi connectivity index (χ1) is 16.9. The van der Waals surface area contributed by atoms with Gasteiger partial charge in [-0.3, -0.25) is 9.59 Å². The Bertz CT molecular complexity index is 1610. The number of benzene rings is 2. The van der Waals surface area contributed by atoms with Gasteiger partial charge in [0.1, 0.15) is 23.3 Å². The summed E-state index contributed by atoms with van der Waals surface area (Å²) in [6, 6.07) is 16.8. The van der Waals surface area contributed by atoms with Crippen LogP contribution in [0.3, 0.4) is 0 Å². The van der Waals surface area contributed by atoms with E-state index in [0.29, 0.717) is 27.7 Å². The van der Waals surface area contributed by atoms with Crippen molar-refractivity contribution < 1.29 is 9.18 Å². The number of aromatic nitrogens is 5. The van der Waals surface area contributed by atoms with E-state index in [1.807, 2.05) is 30.3 Å². The Labute approximate surface area is 204 Å². The van der Waals surface area contributed by atoms with Crippen molar-refractivity contribution in [2.24, 2.45) is 0 Å². The SMILES string of the molecule is Cc1nn(CC(=O)NCc2ccccc2Cl)c(=O)c2c(-n3cccc3)n(-c3cccc(F)c3)nc12. The topological polar surface area (TPSA) is 86.7 Å². The van der Waals surface area contributed by atoms with Gasteiger partial charge < -0.3 is 9.88 Å². The van der Waals surface area contributed by atoms with Crippen molar-refractivity contribution in [2.75, 3.05) is 0 Å². The average Bonchev–Trinajstić information content (AvgIpc) is 3.50. The molecular weight excluding hydrogens is 471 g/mol. The van der Waals surface area contributed by atoms with E-state index in [-0.39, 0.29) is 18.5 Å². The van der Waals surface area contributed by atoms with Gasteiger partial charge in [0.25, 0.3) is 5.56 Å². The van der Waals surface area contributed by atoms with Crippen LogP contribution in [0.15, 0.2) is 77.9 Å². The van der Waals surface area contributed by atoms with Crippen LogP contribution in [0.1, 0.15) is 11.3 Å². The predicted molar refractivity (Wildman–Crippen MR) is 130 cm³/mol. The number of nitrogens with one attached hydrogen (secondary N) is 1. The maximum absolute atomic E-state index is 14.0.